The molecule has 3 rings (SSSR count). The van der Waals surface area contributed by atoms with Crippen LogP contribution in [0.3, 0.4) is 0 Å². The van der Waals surface area contributed by atoms with E-state index in [-0.39, 0.29) is 12.7 Å². The van der Waals surface area contributed by atoms with Gasteiger partial charge < -0.3 is 19.5 Å². The zero-order valence-electron chi connectivity index (χ0n) is 11.6. The molecule has 0 atom stereocenters. The highest BCUT2D eigenvalue weighted by molar-refractivity contribution is 5.92. The van der Waals surface area contributed by atoms with Crippen molar-refractivity contribution in [3.05, 3.63) is 48.0 Å². The number of anilines is 1. The van der Waals surface area contributed by atoms with Crippen molar-refractivity contribution in [1.82, 2.24) is 0 Å². The molecule has 1 amide bonds. The molecule has 0 saturated carbocycles. The van der Waals surface area contributed by atoms with Crippen molar-refractivity contribution in [3.63, 3.8) is 0 Å². The van der Waals surface area contributed by atoms with Crippen LogP contribution in [0, 0.1) is 0 Å². The molecule has 5 heteroatoms. The van der Waals surface area contributed by atoms with E-state index in [4.69, 9.17) is 14.2 Å². The predicted molar refractivity (Wildman–Crippen MR) is 77.9 cm³/mol. The summed E-state index contributed by atoms with van der Waals surface area (Å²) < 4.78 is 15.6. The number of ether oxygens (including phenoxy) is 3. The van der Waals surface area contributed by atoms with Crippen molar-refractivity contribution in [2.45, 2.75) is 6.42 Å². The summed E-state index contributed by atoms with van der Waals surface area (Å²) in [6.07, 6.45) is 0.304. The second kappa shape index (κ2) is 5.75. The standard InChI is InChI=1S/C16H15NO4/c1-19-13-5-2-11(3-6-13)8-16(18)17-12-4-7-14-15(9-12)21-10-20-14/h2-7,9H,8,10H2,1H3,(H,17,18). The maximum absolute atomic E-state index is 12.0. The quantitative estimate of drug-likeness (QED) is 0.938. The first-order chi connectivity index (χ1) is 10.2. The molecule has 21 heavy (non-hydrogen) atoms. The number of methoxy groups -OCH3 is 1. The SMILES string of the molecule is COc1ccc(CC(=O)Nc2ccc3c(c2)OCO3)cc1. The molecule has 0 radical (unpaired) electrons. The number of carbonyl (C=O) groups is 1. The maximum atomic E-state index is 12.0. The Bertz CT molecular complexity index is 652. The average molecular weight is 285 g/mol. The molecule has 2 aromatic rings. The minimum absolute atomic E-state index is 0.0842. The first-order valence-corrected chi connectivity index (χ1v) is 6.57. The molecule has 108 valence electrons. The van der Waals surface area contributed by atoms with Gasteiger partial charge in [0, 0.05) is 11.8 Å². The second-order valence-corrected chi connectivity index (χ2v) is 4.64. The van der Waals surface area contributed by atoms with Crippen LogP contribution in [-0.2, 0) is 11.2 Å². The summed E-state index contributed by atoms with van der Waals surface area (Å²) in [6.45, 7) is 0.221. The summed E-state index contributed by atoms with van der Waals surface area (Å²) in [5, 5.41) is 2.84. The lowest BCUT2D eigenvalue weighted by Gasteiger charge is -2.07. The fraction of sp³-hybridized carbons (Fsp3) is 0.188. The first kappa shape index (κ1) is 13.3. The van der Waals surface area contributed by atoms with Gasteiger partial charge in [-0.3, -0.25) is 4.79 Å². The fourth-order valence-electron chi connectivity index (χ4n) is 2.11. The zero-order valence-corrected chi connectivity index (χ0v) is 11.6. The normalized spacial score (nSPS) is 12.0. The van der Waals surface area contributed by atoms with E-state index in [1.54, 1.807) is 25.3 Å². The first-order valence-electron chi connectivity index (χ1n) is 6.57. The van der Waals surface area contributed by atoms with Crippen LogP contribution in [-0.4, -0.2) is 19.8 Å². The van der Waals surface area contributed by atoms with Crippen molar-refractivity contribution >= 4 is 11.6 Å². The summed E-state index contributed by atoms with van der Waals surface area (Å²) in [6, 6.07) is 12.8. The summed E-state index contributed by atoms with van der Waals surface area (Å²) in [4.78, 5) is 12.0. The molecule has 0 aromatic heterocycles. The third-order valence-electron chi connectivity index (χ3n) is 3.18. The Morgan fingerprint density at radius 2 is 1.90 bits per heavy atom. The molecule has 1 aliphatic rings. The van der Waals surface area contributed by atoms with Crippen LogP contribution in [0.25, 0.3) is 0 Å². The molecule has 2 aromatic carbocycles. The monoisotopic (exact) mass is 285 g/mol. The van der Waals surface area contributed by atoms with Crippen molar-refractivity contribution in [1.29, 1.82) is 0 Å². The lowest BCUT2D eigenvalue weighted by molar-refractivity contribution is -0.115. The summed E-state index contributed by atoms with van der Waals surface area (Å²) in [7, 11) is 1.61. The molecule has 1 heterocycles. The largest absolute Gasteiger partial charge is 0.497 e. The predicted octanol–water partition coefficient (Wildman–Crippen LogP) is 2.61. The number of rotatable bonds is 4. The van der Waals surface area contributed by atoms with Crippen LogP contribution in [0.15, 0.2) is 42.5 Å². The van der Waals surface area contributed by atoms with E-state index in [0.717, 1.165) is 11.3 Å². The number of benzene rings is 2. The molecule has 0 bridgehead atoms. The number of nitrogens with one attached hydrogen (secondary N) is 1. The molecule has 0 aliphatic carbocycles. The number of amides is 1. The van der Waals surface area contributed by atoms with Gasteiger partial charge in [-0.05, 0) is 29.8 Å². The third kappa shape index (κ3) is 3.08. The number of hydrogen-bond acceptors (Lipinski definition) is 4. The molecule has 1 aliphatic heterocycles. The minimum Gasteiger partial charge on any atom is -0.497 e. The van der Waals surface area contributed by atoms with Gasteiger partial charge in [-0.25, -0.2) is 0 Å². The highest BCUT2D eigenvalue weighted by Crippen LogP contribution is 2.34. The Kier molecular flexibility index (Phi) is 3.64. The van der Waals surface area contributed by atoms with Crippen LogP contribution >= 0.6 is 0 Å². The van der Waals surface area contributed by atoms with Crippen LogP contribution in [0.1, 0.15) is 5.56 Å². The Balaban J connectivity index is 1.63. The van der Waals surface area contributed by atoms with E-state index in [2.05, 4.69) is 5.32 Å². The topological polar surface area (TPSA) is 56.8 Å². The van der Waals surface area contributed by atoms with Crippen molar-refractivity contribution in [2.24, 2.45) is 0 Å². The van der Waals surface area contributed by atoms with Gasteiger partial charge in [0.1, 0.15) is 5.75 Å². The van der Waals surface area contributed by atoms with Crippen LogP contribution in [0.2, 0.25) is 0 Å². The van der Waals surface area contributed by atoms with Gasteiger partial charge in [0.05, 0.1) is 13.5 Å². The Hall–Kier alpha value is -2.69. The van der Waals surface area contributed by atoms with Gasteiger partial charge in [-0.1, -0.05) is 12.1 Å². The molecule has 5 nitrogen and oxygen atoms in total. The van der Waals surface area contributed by atoms with Gasteiger partial charge in [0.15, 0.2) is 11.5 Å². The van der Waals surface area contributed by atoms with E-state index in [0.29, 0.717) is 23.6 Å². The van der Waals surface area contributed by atoms with Crippen molar-refractivity contribution < 1.29 is 19.0 Å². The summed E-state index contributed by atoms with van der Waals surface area (Å²) in [5.74, 6) is 2.04. The van der Waals surface area contributed by atoms with Crippen molar-refractivity contribution in [2.75, 3.05) is 19.2 Å². The molecule has 0 fully saturated rings. The molecular formula is C16H15NO4. The number of hydrogen-bond donors (Lipinski definition) is 1. The van der Waals surface area contributed by atoms with E-state index < -0.39 is 0 Å². The smallest absolute Gasteiger partial charge is 0.231 e. The summed E-state index contributed by atoms with van der Waals surface area (Å²) >= 11 is 0. The minimum atomic E-state index is -0.0842. The Labute approximate surface area is 122 Å². The van der Waals surface area contributed by atoms with Gasteiger partial charge in [-0.2, -0.15) is 0 Å². The van der Waals surface area contributed by atoms with Gasteiger partial charge in [0.25, 0.3) is 0 Å². The zero-order chi connectivity index (χ0) is 14.7. The Morgan fingerprint density at radius 3 is 2.67 bits per heavy atom. The number of carbonyl (C=O) groups excluding carboxylic acids is 1. The lowest BCUT2D eigenvalue weighted by Crippen LogP contribution is -2.14. The molecule has 1 N–H and O–H groups in total. The van der Waals surface area contributed by atoms with Crippen LogP contribution < -0.4 is 19.5 Å². The maximum Gasteiger partial charge on any atom is 0.231 e. The highest BCUT2D eigenvalue weighted by Gasteiger charge is 2.14. The lowest BCUT2D eigenvalue weighted by atomic mass is 10.1. The Morgan fingerprint density at radius 1 is 1.14 bits per heavy atom. The highest BCUT2D eigenvalue weighted by atomic mass is 16.7. The van der Waals surface area contributed by atoms with Crippen LogP contribution in [0.4, 0.5) is 5.69 Å². The van der Waals surface area contributed by atoms with E-state index >= 15 is 0 Å². The van der Waals surface area contributed by atoms with Crippen LogP contribution in [0.5, 0.6) is 17.2 Å². The molecule has 0 saturated heterocycles. The number of fused-ring (bicyclic) bond motifs is 1. The summed E-state index contributed by atoms with van der Waals surface area (Å²) in [5.41, 5.74) is 1.62. The van der Waals surface area contributed by atoms with E-state index in [1.807, 2.05) is 24.3 Å². The van der Waals surface area contributed by atoms with Gasteiger partial charge >= 0.3 is 0 Å². The van der Waals surface area contributed by atoms with E-state index in [9.17, 15) is 4.79 Å². The third-order valence-corrected chi connectivity index (χ3v) is 3.18. The second-order valence-electron chi connectivity index (χ2n) is 4.64. The van der Waals surface area contributed by atoms with E-state index in [1.165, 1.54) is 0 Å². The molecular weight excluding hydrogens is 270 g/mol. The van der Waals surface area contributed by atoms with Gasteiger partial charge in [0.2, 0.25) is 12.7 Å². The fourth-order valence-corrected chi connectivity index (χ4v) is 2.11. The molecule has 0 spiro atoms. The average Bonchev–Trinajstić information content (AvgIpc) is 2.95. The van der Waals surface area contributed by atoms with Crippen molar-refractivity contribution in [3.8, 4) is 17.2 Å². The van der Waals surface area contributed by atoms with Gasteiger partial charge in [-0.15, -0.1) is 0 Å². The molecule has 0 unspecified atom stereocenters.